The van der Waals surface area contributed by atoms with Crippen molar-refractivity contribution in [3.8, 4) is 0 Å². The first-order chi connectivity index (χ1) is 7.83. The van der Waals surface area contributed by atoms with Crippen LogP contribution in [0.25, 0.3) is 11.0 Å². The van der Waals surface area contributed by atoms with Gasteiger partial charge in [0.25, 0.3) is 0 Å². The monoisotopic (exact) mass is 235 g/mol. The SMILES string of the molecule is Clc1ccc2ncn(CC3CCNC3)c2c1. The van der Waals surface area contributed by atoms with Crippen LogP contribution in [0.3, 0.4) is 0 Å². The van der Waals surface area contributed by atoms with E-state index in [-0.39, 0.29) is 0 Å². The van der Waals surface area contributed by atoms with Gasteiger partial charge in [0, 0.05) is 11.6 Å². The van der Waals surface area contributed by atoms with Gasteiger partial charge in [0.1, 0.15) is 0 Å². The molecule has 1 aromatic carbocycles. The summed E-state index contributed by atoms with van der Waals surface area (Å²) >= 11 is 6.01. The van der Waals surface area contributed by atoms with E-state index in [0.717, 1.165) is 41.6 Å². The summed E-state index contributed by atoms with van der Waals surface area (Å²) in [6.45, 7) is 3.28. The largest absolute Gasteiger partial charge is 0.330 e. The second kappa shape index (κ2) is 4.07. The molecule has 1 unspecified atom stereocenters. The molecule has 84 valence electrons. The van der Waals surface area contributed by atoms with E-state index in [9.17, 15) is 0 Å². The number of benzene rings is 1. The van der Waals surface area contributed by atoms with Crippen LogP contribution in [-0.4, -0.2) is 22.6 Å². The van der Waals surface area contributed by atoms with Gasteiger partial charge in [-0.25, -0.2) is 4.98 Å². The third-order valence-corrected chi connectivity index (χ3v) is 3.44. The zero-order valence-electron chi connectivity index (χ0n) is 8.99. The number of hydrogen-bond donors (Lipinski definition) is 1. The highest BCUT2D eigenvalue weighted by molar-refractivity contribution is 6.31. The lowest BCUT2D eigenvalue weighted by Crippen LogP contribution is -2.13. The quantitative estimate of drug-likeness (QED) is 0.866. The molecule has 0 bridgehead atoms. The number of rotatable bonds is 2. The minimum atomic E-state index is 0.719. The zero-order chi connectivity index (χ0) is 11.0. The second-order valence-corrected chi connectivity index (χ2v) is 4.83. The fourth-order valence-electron chi connectivity index (χ4n) is 2.32. The Morgan fingerprint density at radius 2 is 2.44 bits per heavy atom. The molecule has 1 fully saturated rings. The van der Waals surface area contributed by atoms with Crippen LogP contribution in [-0.2, 0) is 6.54 Å². The van der Waals surface area contributed by atoms with Gasteiger partial charge in [0.15, 0.2) is 0 Å². The van der Waals surface area contributed by atoms with Crippen LogP contribution in [0.5, 0.6) is 0 Å². The van der Waals surface area contributed by atoms with E-state index in [2.05, 4.69) is 14.9 Å². The fourth-order valence-corrected chi connectivity index (χ4v) is 2.49. The maximum absolute atomic E-state index is 6.01. The van der Waals surface area contributed by atoms with E-state index in [4.69, 9.17) is 11.6 Å². The Morgan fingerprint density at radius 1 is 1.50 bits per heavy atom. The molecule has 2 aromatic rings. The van der Waals surface area contributed by atoms with Crippen molar-refractivity contribution in [2.24, 2.45) is 5.92 Å². The Morgan fingerprint density at radius 3 is 3.25 bits per heavy atom. The maximum atomic E-state index is 6.01. The normalized spacial score (nSPS) is 20.7. The van der Waals surface area contributed by atoms with Gasteiger partial charge in [-0.1, -0.05) is 11.6 Å². The molecule has 1 N–H and O–H groups in total. The first kappa shape index (κ1) is 10.1. The summed E-state index contributed by atoms with van der Waals surface area (Å²) in [6.07, 6.45) is 3.17. The van der Waals surface area contributed by atoms with Gasteiger partial charge in [0.2, 0.25) is 0 Å². The summed E-state index contributed by atoms with van der Waals surface area (Å²) < 4.78 is 2.21. The zero-order valence-corrected chi connectivity index (χ0v) is 9.74. The number of nitrogens with zero attached hydrogens (tertiary/aromatic N) is 2. The lowest BCUT2D eigenvalue weighted by Gasteiger charge is -2.10. The number of hydrogen-bond acceptors (Lipinski definition) is 2. The summed E-state index contributed by atoms with van der Waals surface area (Å²) in [5.74, 6) is 0.719. The Bertz CT molecular complexity index is 500. The van der Waals surface area contributed by atoms with Gasteiger partial charge in [0.05, 0.1) is 17.4 Å². The van der Waals surface area contributed by atoms with E-state index in [1.807, 2.05) is 24.5 Å². The van der Waals surface area contributed by atoms with Crippen LogP contribution in [0.15, 0.2) is 24.5 Å². The lowest BCUT2D eigenvalue weighted by atomic mass is 10.1. The topological polar surface area (TPSA) is 29.9 Å². The number of halogens is 1. The van der Waals surface area contributed by atoms with E-state index in [1.54, 1.807) is 0 Å². The molecular weight excluding hydrogens is 222 g/mol. The number of nitrogens with one attached hydrogen (secondary N) is 1. The third-order valence-electron chi connectivity index (χ3n) is 3.20. The molecule has 3 nitrogen and oxygen atoms in total. The van der Waals surface area contributed by atoms with Gasteiger partial charge in [-0.3, -0.25) is 0 Å². The Hall–Kier alpha value is -1.06. The number of imidazole rings is 1. The average molecular weight is 236 g/mol. The molecule has 0 aliphatic carbocycles. The Kier molecular flexibility index (Phi) is 2.58. The predicted molar refractivity (Wildman–Crippen MR) is 65.7 cm³/mol. The number of aromatic nitrogens is 2. The molecule has 0 saturated carbocycles. The highest BCUT2D eigenvalue weighted by Crippen LogP contribution is 2.20. The van der Waals surface area contributed by atoms with Crippen LogP contribution in [0.1, 0.15) is 6.42 Å². The first-order valence-corrected chi connectivity index (χ1v) is 6.02. The van der Waals surface area contributed by atoms with Gasteiger partial charge >= 0.3 is 0 Å². The maximum Gasteiger partial charge on any atom is 0.0958 e. The van der Waals surface area contributed by atoms with Crippen molar-refractivity contribution >= 4 is 22.6 Å². The lowest BCUT2D eigenvalue weighted by molar-refractivity contribution is 0.489. The molecule has 0 spiro atoms. The van der Waals surface area contributed by atoms with Crippen molar-refractivity contribution in [1.29, 1.82) is 0 Å². The molecule has 1 atom stereocenters. The molecule has 1 aromatic heterocycles. The van der Waals surface area contributed by atoms with Crippen molar-refractivity contribution in [1.82, 2.24) is 14.9 Å². The van der Waals surface area contributed by atoms with Crippen LogP contribution >= 0.6 is 11.6 Å². The molecule has 1 aliphatic rings. The van der Waals surface area contributed by atoms with E-state index >= 15 is 0 Å². The molecule has 16 heavy (non-hydrogen) atoms. The smallest absolute Gasteiger partial charge is 0.0958 e. The minimum Gasteiger partial charge on any atom is -0.330 e. The van der Waals surface area contributed by atoms with Crippen LogP contribution in [0.2, 0.25) is 5.02 Å². The molecule has 1 aliphatic heterocycles. The Labute approximate surface area is 99.4 Å². The molecule has 2 heterocycles. The number of fused-ring (bicyclic) bond motifs is 1. The summed E-state index contributed by atoms with van der Waals surface area (Å²) in [5, 5.41) is 4.16. The van der Waals surface area contributed by atoms with Crippen LogP contribution < -0.4 is 5.32 Å². The molecule has 1 saturated heterocycles. The Balaban J connectivity index is 1.93. The summed E-state index contributed by atoms with van der Waals surface area (Å²) in [4.78, 5) is 4.39. The average Bonchev–Trinajstić information content (AvgIpc) is 2.90. The first-order valence-electron chi connectivity index (χ1n) is 5.64. The van der Waals surface area contributed by atoms with Crippen LogP contribution in [0.4, 0.5) is 0 Å². The van der Waals surface area contributed by atoms with Gasteiger partial charge in [-0.05, 0) is 43.6 Å². The third kappa shape index (κ3) is 1.81. The second-order valence-electron chi connectivity index (χ2n) is 4.39. The fraction of sp³-hybridized carbons (Fsp3) is 0.417. The highest BCUT2D eigenvalue weighted by Gasteiger charge is 2.15. The molecule has 4 heteroatoms. The van der Waals surface area contributed by atoms with Crippen molar-refractivity contribution in [2.45, 2.75) is 13.0 Å². The van der Waals surface area contributed by atoms with Crippen molar-refractivity contribution in [3.63, 3.8) is 0 Å². The van der Waals surface area contributed by atoms with E-state index in [0.29, 0.717) is 0 Å². The van der Waals surface area contributed by atoms with E-state index < -0.39 is 0 Å². The van der Waals surface area contributed by atoms with Gasteiger partial charge in [-0.15, -0.1) is 0 Å². The van der Waals surface area contributed by atoms with E-state index in [1.165, 1.54) is 6.42 Å². The molecule has 0 amide bonds. The molecular formula is C12H14ClN3. The standard InChI is InChI=1S/C12H14ClN3/c13-10-1-2-11-12(5-10)16(8-15-11)7-9-3-4-14-6-9/h1-2,5,8-9,14H,3-4,6-7H2. The van der Waals surface area contributed by atoms with Crippen molar-refractivity contribution < 1.29 is 0 Å². The van der Waals surface area contributed by atoms with Gasteiger partial charge in [-0.2, -0.15) is 0 Å². The molecule has 0 radical (unpaired) electrons. The highest BCUT2D eigenvalue weighted by atomic mass is 35.5. The minimum absolute atomic E-state index is 0.719. The van der Waals surface area contributed by atoms with Crippen molar-refractivity contribution in [2.75, 3.05) is 13.1 Å². The van der Waals surface area contributed by atoms with Crippen LogP contribution in [0, 0.1) is 5.92 Å². The summed E-state index contributed by atoms with van der Waals surface area (Å²) in [6, 6.07) is 5.85. The summed E-state index contributed by atoms with van der Waals surface area (Å²) in [7, 11) is 0. The summed E-state index contributed by atoms with van der Waals surface area (Å²) in [5.41, 5.74) is 2.16. The predicted octanol–water partition coefficient (Wildman–Crippen LogP) is 2.30. The van der Waals surface area contributed by atoms with Gasteiger partial charge < -0.3 is 9.88 Å². The van der Waals surface area contributed by atoms with Crippen molar-refractivity contribution in [3.05, 3.63) is 29.5 Å². The molecule has 3 rings (SSSR count).